The van der Waals surface area contributed by atoms with Gasteiger partial charge in [0.2, 0.25) is 0 Å². The lowest BCUT2D eigenvalue weighted by atomic mass is 9.74. The number of thiophene rings is 1. The average molecular weight is 808 g/mol. The van der Waals surface area contributed by atoms with Crippen LogP contribution in [0.4, 0.5) is 17.1 Å². The number of rotatable bonds is 7. The standard InChI is InChI=1S/C60H41NS/c1-60(43-23-6-3-7-24-43)52-32-12-8-26-46(52)47-38-37-42(39-53(47)60)44-25-9-13-33-54(44)61(56-35-18-31-51-49-28-11-15-36-57(49)62-59(51)56)55-34-14-10-27-48(55)50-30-17-22-41-21-16-29-45(58(41)50)40-19-4-2-5-20-40/h2-39H,1H3. The van der Waals surface area contributed by atoms with Crippen LogP contribution in [0.5, 0.6) is 0 Å². The molecule has 0 saturated carbocycles. The molecule has 0 aliphatic heterocycles. The van der Waals surface area contributed by atoms with Crippen molar-refractivity contribution in [1.29, 1.82) is 0 Å². The van der Waals surface area contributed by atoms with Crippen LogP contribution in [0.15, 0.2) is 231 Å². The third-order valence-corrected chi connectivity index (χ3v) is 14.4. The first-order valence-electron chi connectivity index (χ1n) is 21.4. The van der Waals surface area contributed by atoms with Gasteiger partial charge in [0.1, 0.15) is 0 Å². The minimum absolute atomic E-state index is 0.308. The predicted molar refractivity (Wildman–Crippen MR) is 265 cm³/mol. The van der Waals surface area contributed by atoms with Crippen molar-refractivity contribution >= 4 is 59.3 Å². The van der Waals surface area contributed by atoms with E-state index in [0.29, 0.717) is 0 Å². The third kappa shape index (κ3) is 5.61. The Kier molecular flexibility index (Phi) is 8.55. The molecule has 1 aliphatic carbocycles. The summed E-state index contributed by atoms with van der Waals surface area (Å²) in [5, 5.41) is 5.03. The summed E-state index contributed by atoms with van der Waals surface area (Å²) >= 11 is 1.88. The summed E-state index contributed by atoms with van der Waals surface area (Å²) in [7, 11) is 0. The molecule has 11 aromatic rings. The van der Waals surface area contributed by atoms with Gasteiger partial charge in [-0.05, 0) is 98.1 Å². The number of nitrogens with zero attached hydrogens (tertiary/aromatic N) is 1. The van der Waals surface area contributed by atoms with Crippen molar-refractivity contribution < 1.29 is 0 Å². The molecule has 292 valence electrons. The maximum absolute atomic E-state index is 2.55. The second-order valence-corrected chi connectivity index (χ2v) is 17.5. The first-order valence-corrected chi connectivity index (χ1v) is 22.2. The Labute approximate surface area is 366 Å². The lowest BCUT2D eigenvalue weighted by Gasteiger charge is -2.31. The molecule has 0 radical (unpaired) electrons. The van der Waals surface area contributed by atoms with Gasteiger partial charge in [0.15, 0.2) is 0 Å². The molecule has 1 unspecified atom stereocenters. The summed E-state index contributed by atoms with van der Waals surface area (Å²) < 4.78 is 2.55. The fourth-order valence-electron chi connectivity index (χ4n) is 10.3. The highest BCUT2D eigenvalue weighted by Crippen LogP contribution is 2.55. The zero-order chi connectivity index (χ0) is 41.2. The number of hydrogen-bond donors (Lipinski definition) is 0. The number of hydrogen-bond acceptors (Lipinski definition) is 2. The number of para-hydroxylation sites is 2. The minimum atomic E-state index is -0.308. The highest BCUT2D eigenvalue weighted by molar-refractivity contribution is 7.26. The van der Waals surface area contributed by atoms with Crippen LogP contribution < -0.4 is 4.90 Å². The SMILES string of the molecule is CC1(c2ccccc2)c2ccccc2-c2ccc(-c3ccccc3N(c3ccccc3-c3cccc4cccc(-c5ccccc5)c34)c3cccc4c3sc3ccccc34)cc21. The van der Waals surface area contributed by atoms with E-state index in [1.807, 2.05) is 11.3 Å². The molecular formula is C60H41NS. The quantitative estimate of drug-likeness (QED) is 0.155. The molecule has 10 aromatic carbocycles. The van der Waals surface area contributed by atoms with E-state index in [2.05, 4.69) is 242 Å². The summed E-state index contributed by atoms with van der Waals surface area (Å²) in [5.41, 5.74) is 16.9. The molecule has 1 aromatic heterocycles. The second kappa shape index (κ2) is 14.6. The molecule has 0 amide bonds. The van der Waals surface area contributed by atoms with Gasteiger partial charge in [0.25, 0.3) is 0 Å². The van der Waals surface area contributed by atoms with Gasteiger partial charge in [-0.25, -0.2) is 0 Å². The molecule has 1 nitrogen and oxygen atoms in total. The van der Waals surface area contributed by atoms with Crippen molar-refractivity contribution in [2.75, 3.05) is 4.90 Å². The van der Waals surface area contributed by atoms with E-state index in [-0.39, 0.29) is 5.41 Å². The fraction of sp³-hybridized carbons (Fsp3) is 0.0333. The second-order valence-electron chi connectivity index (χ2n) is 16.5. The Morgan fingerprint density at radius 3 is 1.74 bits per heavy atom. The highest BCUT2D eigenvalue weighted by atomic mass is 32.1. The Bertz CT molecular complexity index is 3490. The molecule has 0 saturated heterocycles. The molecule has 62 heavy (non-hydrogen) atoms. The van der Waals surface area contributed by atoms with Crippen molar-refractivity contribution in [1.82, 2.24) is 0 Å². The highest BCUT2D eigenvalue weighted by Gasteiger charge is 2.41. The van der Waals surface area contributed by atoms with Crippen LogP contribution in [0.1, 0.15) is 23.6 Å². The molecule has 0 fully saturated rings. The smallest absolute Gasteiger partial charge is 0.0640 e. The largest absolute Gasteiger partial charge is 0.308 e. The molecular weight excluding hydrogens is 767 g/mol. The normalized spacial score (nSPS) is 14.3. The van der Waals surface area contributed by atoms with Crippen LogP contribution in [0.25, 0.3) is 75.5 Å². The molecule has 2 heteroatoms. The van der Waals surface area contributed by atoms with E-state index >= 15 is 0 Å². The van der Waals surface area contributed by atoms with Gasteiger partial charge >= 0.3 is 0 Å². The summed E-state index contributed by atoms with van der Waals surface area (Å²) in [6.07, 6.45) is 0. The van der Waals surface area contributed by atoms with Crippen LogP contribution in [0.3, 0.4) is 0 Å². The van der Waals surface area contributed by atoms with E-state index in [1.54, 1.807) is 0 Å². The van der Waals surface area contributed by atoms with Gasteiger partial charge in [-0.2, -0.15) is 0 Å². The van der Waals surface area contributed by atoms with E-state index < -0.39 is 0 Å². The lowest BCUT2D eigenvalue weighted by molar-refractivity contribution is 0.714. The average Bonchev–Trinajstić information content (AvgIpc) is 3.85. The van der Waals surface area contributed by atoms with Gasteiger partial charge in [-0.3, -0.25) is 0 Å². The summed E-state index contributed by atoms with van der Waals surface area (Å²) in [5.74, 6) is 0. The molecule has 0 bridgehead atoms. The number of fused-ring (bicyclic) bond motifs is 7. The van der Waals surface area contributed by atoms with Crippen LogP contribution in [0.2, 0.25) is 0 Å². The predicted octanol–water partition coefficient (Wildman–Crippen LogP) is 17.0. The maximum atomic E-state index is 2.55. The molecule has 0 spiro atoms. The summed E-state index contributed by atoms with van der Waals surface area (Å²) in [6.45, 7) is 2.40. The molecule has 1 heterocycles. The zero-order valence-electron chi connectivity index (χ0n) is 34.3. The van der Waals surface area contributed by atoms with Gasteiger partial charge < -0.3 is 4.90 Å². The first-order chi connectivity index (χ1) is 30.7. The fourth-order valence-corrected chi connectivity index (χ4v) is 11.5. The van der Waals surface area contributed by atoms with Crippen molar-refractivity contribution in [2.24, 2.45) is 0 Å². The van der Waals surface area contributed by atoms with Crippen molar-refractivity contribution in [3.8, 4) is 44.5 Å². The molecule has 0 N–H and O–H groups in total. The van der Waals surface area contributed by atoms with Gasteiger partial charge in [-0.1, -0.05) is 200 Å². The van der Waals surface area contributed by atoms with Crippen LogP contribution >= 0.6 is 11.3 Å². The first kappa shape index (κ1) is 36.3. The van der Waals surface area contributed by atoms with Gasteiger partial charge in [0, 0.05) is 32.0 Å². The summed E-state index contributed by atoms with van der Waals surface area (Å²) in [6, 6.07) is 85.1. The van der Waals surface area contributed by atoms with Gasteiger partial charge in [-0.15, -0.1) is 11.3 Å². The van der Waals surface area contributed by atoms with Crippen LogP contribution in [-0.4, -0.2) is 0 Å². The van der Waals surface area contributed by atoms with Crippen molar-refractivity contribution in [3.05, 3.63) is 247 Å². The maximum Gasteiger partial charge on any atom is 0.0640 e. The number of anilines is 3. The minimum Gasteiger partial charge on any atom is -0.308 e. The zero-order valence-corrected chi connectivity index (χ0v) is 35.1. The Morgan fingerprint density at radius 1 is 0.371 bits per heavy atom. The van der Waals surface area contributed by atoms with E-state index in [1.165, 1.54) is 92.1 Å². The lowest BCUT2D eigenvalue weighted by Crippen LogP contribution is -2.22. The van der Waals surface area contributed by atoms with Crippen molar-refractivity contribution in [2.45, 2.75) is 12.3 Å². The van der Waals surface area contributed by atoms with Crippen LogP contribution in [0, 0.1) is 0 Å². The monoisotopic (exact) mass is 807 g/mol. The third-order valence-electron chi connectivity index (χ3n) is 13.2. The Balaban J connectivity index is 1.13. The molecule has 1 atom stereocenters. The van der Waals surface area contributed by atoms with Crippen LogP contribution in [-0.2, 0) is 5.41 Å². The Morgan fingerprint density at radius 2 is 0.935 bits per heavy atom. The van der Waals surface area contributed by atoms with E-state index in [4.69, 9.17) is 0 Å². The summed E-state index contributed by atoms with van der Waals surface area (Å²) in [4.78, 5) is 2.55. The number of benzene rings is 10. The van der Waals surface area contributed by atoms with Gasteiger partial charge in [0.05, 0.1) is 21.8 Å². The van der Waals surface area contributed by atoms with E-state index in [0.717, 1.165) is 17.1 Å². The topological polar surface area (TPSA) is 3.24 Å². The Hall–Kier alpha value is -7.52. The molecule has 1 aliphatic rings. The van der Waals surface area contributed by atoms with Crippen molar-refractivity contribution in [3.63, 3.8) is 0 Å². The van der Waals surface area contributed by atoms with E-state index in [9.17, 15) is 0 Å². The molecule has 12 rings (SSSR count).